The van der Waals surface area contributed by atoms with Gasteiger partial charge in [-0.3, -0.25) is 4.79 Å². The van der Waals surface area contributed by atoms with Gasteiger partial charge in [0.25, 0.3) is 5.91 Å². The highest BCUT2D eigenvalue weighted by molar-refractivity contribution is 9.10. The SMILES string of the molecule is CCC(CCl)NC(=O)c1ccc(Br)cc1OC. The van der Waals surface area contributed by atoms with Crippen molar-refractivity contribution in [2.24, 2.45) is 0 Å². The van der Waals surface area contributed by atoms with Crippen molar-refractivity contribution < 1.29 is 9.53 Å². The van der Waals surface area contributed by atoms with Crippen molar-refractivity contribution in [1.82, 2.24) is 5.32 Å². The van der Waals surface area contributed by atoms with Gasteiger partial charge in [0.15, 0.2) is 0 Å². The van der Waals surface area contributed by atoms with Gasteiger partial charge >= 0.3 is 0 Å². The van der Waals surface area contributed by atoms with Gasteiger partial charge in [-0.2, -0.15) is 0 Å². The fourth-order valence-corrected chi connectivity index (χ4v) is 2.00. The summed E-state index contributed by atoms with van der Waals surface area (Å²) in [7, 11) is 1.54. The molecule has 17 heavy (non-hydrogen) atoms. The van der Waals surface area contributed by atoms with Crippen LogP contribution in [0.5, 0.6) is 5.75 Å². The highest BCUT2D eigenvalue weighted by Gasteiger charge is 2.15. The average molecular weight is 321 g/mol. The number of ether oxygens (including phenoxy) is 1. The number of carbonyl (C=O) groups is 1. The second-order valence-electron chi connectivity index (χ2n) is 3.58. The van der Waals surface area contributed by atoms with Crippen molar-refractivity contribution in [1.29, 1.82) is 0 Å². The molecule has 1 atom stereocenters. The van der Waals surface area contributed by atoms with Crippen LogP contribution in [0, 0.1) is 0 Å². The van der Waals surface area contributed by atoms with Crippen molar-refractivity contribution in [3.63, 3.8) is 0 Å². The van der Waals surface area contributed by atoms with E-state index in [1.807, 2.05) is 6.92 Å². The van der Waals surface area contributed by atoms with E-state index in [0.717, 1.165) is 10.9 Å². The summed E-state index contributed by atoms with van der Waals surface area (Å²) in [6, 6.07) is 5.27. The number of halogens is 2. The van der Waals surface area contributed by atoms with Crippen LogP contribution in [-0.2, 0) is 0 Å². The van der Waals surface area contributed by atoms with Gasteiger partial charge in [-0.1, -0.05) is 22.9 Å². The Morgan fingerprint density at radius 1 is 1.59 bits per heavy atom. The van der Waals surface area contributed by atoms with Crippen molar-refractivity contribution in [2.45, 2.75) is 19.4 Å². The molecule has 0 aliphatic carbocycles. The maximum atomic E-state index is 12.0. The molecule has 1 unspecified atom stereocenters. The van der Waals surface area contributed by atoms with Crippen LogP contribution in [0.4, 0.5) is 0 Å². The van der Waals surface area contributed by atoms with Crippen molar-refractivity contribution in [3.05, 3.63) is 28.2 Å². The Morgan fingerprint density at radius 3 is 2.82 bits per heavy atom. The molecule has 1 amide bonds. The minimum Gasteiger partial charge on any atom is -0.496 e. The summed E-state index contributed by atoms with van der Waals surface area (Å²) in [5.74, 6) is 0.782. The predicted molar refractivity (Wildman–Crippen MR) is 73.0 cm³/mol. The highest BCUT2D eigenvalue weighted by Crippen LogP contribution is 2.23. The predicted octanol–water partition coefficient (Wildman–Crippen LogP) is 3.20. The van der Waals surface area contributed by atoms with Crippen LogP contribution in [0.3, 0.4) is 0 Å². The third kappa shape index (κ3) is 3.89. The zero-order valence-electron chi connectivity index (χ0n) is 9.80. The molecule has 5 heteroatoms. The van der Waals surface area contributed by atoms with E-state index in [1.54, 1.807) is 18.2 Å². The van der Waals surface area contributed by atoms with E-state index in [0.29, 0.717) is 17.2 Å². The molecule has 1 N–H and O–H groups in total. The van der Waals surface area contributed by atoms with E-state index in [9.17, 15) is 4.79 Å². The molecule has 0 radical (unpaired) electrons. The molecule has 0 saturated carbocycles. The van der Waals surface area contributed by atoms with Gasteiger partial charge in [-0.25, -0.2) is 0 Å². The molecular formula is C12H15BrClNO2. The van der Waals surface area contributed by atoms with Crippen LogP contribution >= 0.6 is 27.5 Å². The van der Waals surface area contributed by atoms with Gasteiger partial charge in [0.1, 0.15) is 5.75 Å². The summed E-state index contributed by atoms with van der Waals surface area (Å²) >= 11 is 9.08. The Hall–Kier alpha value is -0.740. The summed E-state index contributed by atoms with van der Waals surface area (Å²) in [6.45, 7) is 1.98. The monoisotopic (exact) mass is 319 g/mol. The molecule has 0 aromatic heterocycles. The number of hydrogen-bond donors (Lipinski definition) is 1. The van der Waals surface area contributed by atoms with Gasteiger partial charge in [0, 0.05) is 16.4 Å². The van der Waals surface area contributed by atoms with Crippen molar-refractivity contribution >= 4 is 33.4 Å². The molecule has 1 aromatic rings. The van der Waals surface area contributed by atoms with Crippen LogP contribution in [0.25, 0.3) is 0 Å². The van der Waals surface area contributed by atoms with Crippen LogP contribution in [0.2, 0.25) is 0 Å². The third-order valence-corrected chi connectivity index (χ3v) is 3.29. The Labute approximate surface area is 115 Å². The van der Waals surface area contributed by atoms with Crippen LogP contribution < -0.4 is 10.1 Å². The van der Waals surface area contributed by atoms with E-state index in [4.69, 9.17) is 16.3 Å². The number of benzene rings is 1. The number of alkyl halides is 1. The van der Waals surface area contributed by atoms with Crippen LogP contribution in [-0.4, -0.2) is 24.9 Å². The molecule has 0 saturated heterocycles. The minimum atomic E-state index is -0.165. The number of amides is 1. The minimum absolute atomic E-state index is 0.0162. The first-order chi connectivity index (χ1) is 8.12. The molecule has 94 valence electrons. The van der Waals surface area contributed by atoms with Gasteiger partial charge in [0.05, 0.1) is 12.7 Å². The number of methoxy groups -OCH3 is 1. The fraction of sp³-hybridized carbons (Fsp3) is 0.417. The van der Waals surface area contributed by atoms with Crippen molar-refractivity contribution in [3.8, 4) is 5.75 Å². The Bertz CT molecular complexity index is 394. The lowest BCUT2D eigenvalue weighted by atomic mass is 10.1. The lowest BCUT2D eigenvalue weighted by Crippen LogP contribution is -2.35. The second kappa shape index (κ2) is 6.87. The maximum Gasteiger partial charge on any atom is 0.255 e. The molecular weight excluding hydrogens is 305 g/mol. The first-order valence-electron chi connectivity index (χ1n) is 5.32. The largest absolute Gasteiger partial charge is 0.496 e. The number of carbonyl (C=O) groups excluding carboxylic acids is 1. The normalized spacial score (nSPS) is 12.0. The molecule has 1 rings (SSSR count). The van der Waals surface area contributed by atoms with Crippen molar-refractivity contribution in [2.75, 3.05) is 13.0 Å². The second-order valence-corrected chi connectivity index (χ2v) is 4.80. The Kier molecular flexibility index (Phi) is 5.78. The lowest BCUT2D eigenvalue weighted by Gasteiger charge is -2.15. The standard InChI is InChI=1S/C12H15BrClNO2/c1-3-9(7-14)15-12(16)10-5-4-8(13)6-11(10)17-2/h4-6,9H,3,7H2,1-2H3,(H,15,16). The smallest absolute Gasteiger partial charge is 0.255 e. The first-order valence-corrected chi connectivity index (χ1v) is 6.65. The highest BCUT2D eigenvalue weighted by atomic mass is 79.9. The van der Waals surface area contributed by atoms with Gasteiger partial charge in [-0.05, 0) is 24.6 Å². The van der Waals surface area contributed by atoms with E-state index in [-0.39, 0.29) is 11.9 Å². The third-order valence-electron chi connectivity index (χ3n) is 2.42. The van der Waals surface area contributed by atoms with Gasteiger partial charge in [-0.15, -0.1) is 11.6 Å². The first kappa shape index (κ1) is 14.3. The molecule has 0 fully saturated rings. The van der Waals surface area contributed by atoms with Crippen LogP contribution in [0.1, 0.15) is 23.7 Å². The summed E-state index contributed by atoms with van der Waals surface area (Å²) < 4.78 is 6.04. The lowest BCUT2D eigenvalue weighted by molar-refractivity contribution is 0.0936. The van der Waals surface area contributed by atoms with E-state index in [1.165, 1.54) is 7.11 Å². The fourth-order valence-electron chi connectivity index (χ4n) is 1.37. The molecule has 1 aromatic carbocycles. The summed E-state index contributed by atoms with van der Waals surface area (Å²) in [5, 5.41) is 2.86. The summed E-state index contributed by atoms with van der Waals surface area (Å²) in [5.41, 5.74) is 0.513. The number of nitrogens with one attached hydrogen (secondary N) is 1. The van der Waals surface area contributed by atoms with E-state index < -0.39 is 0 Å². The quantitative estimate of drug-likeness (QED) is 0.846. The average Bonchev–Trinajstić information content (AvgIpc) is 2.35. The van der Waals surface area contributed by atoms with Gasteiger partial charge in [0.2, 0.25) is 0 Å². The summed E-state index contributed by atoms with van der Waals surface area (Å²) in [6.07, 6.45) is 0.800. The molecule has 0 heterocycles. The summed E-state index contributed by atoms with van der Waals surface area (Å²) in [4.78, 5) is 12.0. The molecule has 3 nitrogen and oxygen atoms in total. The number of hydrogen-bond acceptors (Lipinski definition) is 2. The Balaban J connectivity index is 2.88. The molecule has 0 bridgehead atoms. The Morgan fingerprint density at radius 2 is 2.29 bits per heavy atom. The molecule has 0 aliphatic heterocycles. The number of rotatable bonds is 5. The van der Waals surface area contributed by atoms with Gasteiger partial charge < -0.3 is 10.1 Å². The zero-order chi connectivity index (χ0) is 12.8. The van der Waals surface area contributed by atoms with E-state index >= 15 is 0 Å². The molecule has 0 aliphatic rings. The zero-order valence-corrected chi connectivity index (χ0v) is 12.1. The van der Waals surface area contributed by atoms with E-state index in [2.05, 4.69) is 21.2 Å². The van der Waals surface area contributed by atoms with Crippen LogP contribution in [0.15, 0.2) is 22.7 Å². The topological polar surface area (TPSA) is 38.3 Å². The molecule has 0 spiro atoms. The maximum absolute atomic E-state index is 12.0.